The van der Waals surface area contributed by atoms with Gasteiger partial charge in [0, 0.05) is 28.8 Å². The van der Waals surface area contributed by atoms with Crippen molar-refractivity contribution in [1.29, 1.82) is 0 Å². The Morgan fingerprint density at radius 3 is 2.62 bits per heavy atom. The van der Waals surface area contributed by atoms with Gasteiger partial charge in [0.05, 0.1) is 15.1 Å². The Hall–Kier alpha value is -2.34. The zero-order valence-corrected chi connectivity index (χ0v) is 17.4. The number of ketones is 1. The maximum atomic E-state index is 12.9. The Labute approximate surface area is 182 Å². The molecule has 1 atom stereocenters. The van der Waals surface area contributed by atoms with Crippen LogP contribution in [-0.2, 0) is 4.79 Å². The third kappa shape index (κ3) is 3.05. The third-order valence-electron chi connectivity index (χ3n) is 5.26. The van der Waals surface area contributed by atoms with Gasteiger partial charge in [-0.2, -0.15) is 4.98 Å². The fraction of sp³-hybridized carbons (Fsp3) is 0.190. The molecule has 0 saturated heterocycles. The lowest BCUT2D eigenvalue weighted by molar-refractivity contribution is -0.116. The second-order valence-corrected chi connectivity index (χ2v) is 8.22. The van der Waals surface area contributed by atoms with Crippen molar-refractivity contribution in [2.24, 2.45) is 0 Å². The van der Waals surface area contributed by atoms with Gasteiger partial charge < -0.3 is 5.32 Å². The van der Waals surface area contributed by atoms with Gasteiger partial charge in [0.2, 0.25) is 5.95 Å². The normalized spacial score (nSPS) is 18.3. The summed E-state index contributed by atoms with van der Waals surface area (Å²) in [5.74, 6) is 1.11. The van der Waals surface area contributed by atoms with Crippen molar-refractivity contribution >= 4 is 46.5 Å². The predicted octanol–water partition coefficient (Wildman–Crippen LogP) is 5.93. The minimum Gasteiger partial charge on any atom is -0.328 e. The van der Waals surface area contributed by atoms with Crippen LogP contribution in [0.4, 0.5) is 5.95 Å². The first-order valence-corrected chi connectivity index (χ1v) is 10.4. The van der Waals surface area contributed by atoms with Crippen LogP contribution in [0, 0.1) is 0 Å². The molecule has 1 aromatic heterocycles. The van der Waals surface area contributed by atoms with Crippen LogP contribution in [0.3, 0.4) is 0 Å². The molecule has 5 rings (SSSR count). The van der Waals surface area contributed by atoms with Gasteiger partial charge in [-0.3, -0.25) is 4.79 Å². The fourth-order valence-corrected chi connectivity index (χ4v) is 4.56. The quantitative estimate of drug-likeness (QED) is 0.531. The highest BCUT2D eigenvalue weighted by atomic mass is 35.5. The van der Waals surface area contributed by atoms with Gasteiger partial charge >= 0.3 is 0 Å². The van der Waals surface area contributed by atoms with Crippen LogP contribution in [0.25, 0.3) is 11.4 Å². The van der Waals surface area contributed by atoms with E-state index in [0.29, 0.717) is 38.8 Å². The number of allylic oxidation sites excluding steroid dienone is 2. The topological polar surface area (TPSA) is 59.8 Å². The lowest BCUT2D eigenvalue weighted by Gasteiger charge is -2.32. The Bertz CT molecular complexity index is 1180. The first-order valence-electron chi connectivity index (χ1n) is 9.23. The zero-order valence-electron chi connectivity index (χ0n) is 15.1. The maximum Gasteiger partial charge on any atom is 0.226 e. The van der Waals surface area contributed by atoms with Crippen molar-refractivity contribution in [2.45, 2.75) is 25.3 Å². The average Bonchev–Trinajstić information content (AvgIpc) is 3.13. The average molecular weight is 446 g/mol. The molecule has 3 aromatic rings. The molecular weight excluding hydrogens is 431 g/mol. The first-order chi connectivity index (χ1) is 14.0. The smallest absolute Gasteiger partial charge is 0.226 e. The van der Waals surface area contributed by atoms with Crippen molar-refractivity contribution < 1.29 is 4.79 Å². The van der Waals surface area contributed by atoms with Crippen molar-refractivity contribution in [1.82, 2.24) is 14.8 Å². The molecule has 1 N–H and O–H groups in total. The Morgan fingerprint density at radius 1 is 1.00 bits per heavy atom. The van der Waals surface area contributed by atoms with E-state index in [2.05, 4.69) is 10.3 Å². The summed E-state index contributed by atoms with van der Waals surface area (Å²) in [6.45, 7) is 0. The van der Waals surface area contributed by atoms with Crippen LogP contribution in [0.1, 0.15) is 30.9 Å². The minimum atomic E-state index is -0.496. The maximum absolute atomic E-state index is 12.9. The predicted molar refractivity (Wildman–Crippen MR) is 115 cm³/mol. The van der Waals surface area contributed by atoms with E-state index in [9.17, 15) is 4.79 Å². The van der Waals surface area contributed by atoms with Gasteiger partial charge in [-0.15, -0.1) is 5.10 Å². The van der Waals surface area contributed by atoms with Crippen LogP contribution < -0.4 is 5.32 Å². The van der Waals surface area contributed by atoms with E-state index < -0.39 is 6.04 Å². The summed E-state index contributed by atoms with van der Waals surface area (Å²) in [7, 11) is 0. The number of rotatable bonds is 2. The highest BCUT2D eigenvalue weighted by Crippen LogP contribution is 2.44. The summed E-state index contributed by atoms with van der Waals surface area (Å²) >= 11 is 19.2. The van der Waals surface area contributed by atoms with Crippen molar-refractivity contribution in [3.63, 3.8) is 0 Å². The van der Waals surface area contributed by atoms with Gasteiger partial charge in [-0.25, -0.2) is 4.68 Å². The molecule has 0 amide bonds. The summed E-state index contributed by atoms with van der Waals surface area (Å²) in [5, 5.41) is 9.41. The van der Waals surface area contributed by atoms with Crippen LogP contribution in [0.15, 0.2) is 53.7 Å². The molecule has 146 valence electrons. The molecule has 29 heavy (non-hydrogen) atoms. The SMILES string of the molecule is O=C1CCCC2=C1C(c1cccc(Cl)c1Cl)n1nc(-c3ccccc3Cl)nc1N2. The number of halogens is 3. The zero-order chi connectivity index (χ0) is 20.1. The number of hydrogen-bond donors (Lipinski definition) is 1. The van der Waals surface area contributed by atoms with Gasteiger partial charge in [0.15, 0.2) is 11.6 Å². The van der Waals surface area contributed by atoms with E-state index in [4.69, 9.17) is 39.9 Å². The molecule has 1 aliphatic carbocycles. The van der Waals surface area contributed by atoms with E-state index in [0.717, 1.165) is 29.7 Å². The Morgan fingerprint density at radius 2 is 1.79 bits per heavy atom. The van der Waals surface area contributed by atoms with Crippen LogP contribution in [0.5, 0.6) is 0 Å². The summed E-state index contributed by atoms with van der Waals surface area (Å²) in [5.41, 5.74) is 2.98. The summed E-state index contributed by atoms with van der Waals surface area (Å²) < 4.78 is 1.71. The molecule has 0 bridgehead atoms. The van der Waals surface area contributed by atoms with E-state index >= 15 is 0 Å². The Kier molecular flexibility index (Phi) is 4.62. The van der Waals surface area contributed by atoms with Crippen molar-refractivity contribution in [3.05, 3.63) is 74.4 Å². The van der Waals surface area contributed by atoms with Crippen LogP contribution in [0.2, 0.25) is 15.1 Å². The summed E-state index contributed by atoms with van der Waals surface area (Å²) in [6, 6.07) is 12.3. The third-order valence-corrected chi connectivity index (χ3v) is 6.42. The molecule has 0 spiro atoms. The van der Waals surface area contributed by atoms with Crippen molar-refractivity contribution in [3.8, 4) is 11.4 Å². The number of nitrogens with zero attached hydrogens (tertiary/aromatic N) is 3. The lowest BCUT2D eigenvalue weighted by atomic mass is 9.85. The monoisotopic (exact) mass is 444 g/mol. The molecule has 1 unspecified atom stereocenters. The molecule has 0 saturated carbocycles. The van der Waals surface area contributed by atoms with Gasteiger partial charge in [0.25, 0.3) is 0 Å². The second-order valence-electron chi connectivity index (χ2n) is 7.02. The molecule has 1 aliphatic heterocycles. The number of anilines is 1. The molecule has 0 radical (unpaired) electrons. The first kappa shape index (κ1) is 18.7. The van der Waals surface area contributed by atoms with E-state index in [-0.39, 0.29) is 5.78 Å². The van der Waals surface area contributed by atoms with Crippen LogP contribution in [-0.4, -0.2) is 20.5 Å². The number of hydrogen-bond acceptors (Lipinski definition) is 4. The lowest BCUT2D eigenvalue weighted by Crippen LogP contribution is -2.31. The highest BCUT2D eigenvalue weighted by molar-refractivity contribution is 6.42. The van der Waals surface area contributed by atoms with E-state index in [1.54, 1.807) is 16.8 Å². The van der Waals surface area contributed by atoms with E-state index in [1.807, 2.05) is 30.3 Å². The van der Waals surface area contributed by atoms with Gasteiger partial charge in [-0.1, -0.05) is 59.1 Å². The van der Waals surface area contributed by atoms with Gasteiger partial charge in [-0.05, 0) is 31.0 Å². The molecule has 0 fully saturated rings. The number of nitrogens with one attached hydrogen (secondary N) is 1. The molecule has 5 nitrogen and oxygen atoms in total. The molecular formula is C21H15Cl3N4O. The minimum absolute atomic E-state index is 0.0836. The number of Topliss-reactive ketones (excluding diaryl/α,β-unsaturated/α-hetero) is 1. The van der Waals surface area contributed by atoms with Crippen LogP contribution >= 0.6 is 34.8 Å². The summed E-state index contributed by atoms with van der Waals surface area (Å²) in [4.78, 5) is 17.6. The summed E-state index contributed by atoms with van der Waals surface area (Å²) in [6.07, 6.45) is 2.06. The molecule has 2 aliphatic rings. The largest absolute Gasteiger partial charge is 0.328 e. The number of benzene rings is 2. The molecule has 2 heterocycles. The number of carbonyl (C=O) groups is 1. The number of fused-ring (bicyclic) bond motifs is 1. The highest BCUT2D eigenvalue weighted by Gasteiger charge is 2.38. The molecule has 8 heteroatoms. The molecule has 2 aromatic carbocycles. The Balaban J connectivity index is 1.73. The van der Waals surface area contributed by atoms with Gasteiger partial charge in [0.1, 0.15) is 6.04 Å². The standard InChI is InChI=1S/C21H15Cl3N4O/c22-13-7-2-1-5-11(13)20-26-21-25-15-9-4-10-16(29)17(15)19(28(21)27-20)12-6-3-8-14(23)18(12)24/h1-3,5-8,19H,4,9-10H2,(H,25,26,27). The number of carbonyl (C=O) groups excluding carboxylic acids is 1. The number of aromatic nitrogens is 3. The van der Waals surface area contributed by atoms with Crippen molar-refractivity contribution in [2.75, 3.05) is 5.32 Å². The second kappa shape index (κ2) is 7.17. The van der Waals surface area contributed by atoms with E-state index in [1.165, 1.54) is 0 Å². The fourth-order valence-electron chi connectivity index (χ4n) is 3.93.